The fourth-order valence-electron chi connectivity index (χ4n) is 4.18. The zero-order valence-electron chi connectivity index (χ0n) is 15.5. The van der Waals surface area contributed by atoms with Crippen LogP contribution in [0.15, 0.2) is 71.6 Å². The Hall–Kier alpha value is -3.41. The lowest BCUT2D eigenvalue weighted by atomic mass is 9.98. The number of anilines is 2. The quantitative estimate of drug-likeness (QED) is 0.841. The number of nitrogen functional groups attached to an aromatic ring is 2. The van der Waals surface area contributed by atoms with Gasteiger partial charge in [-0.15, -0.1) is 0 Å². The topological polar surface area (TPSA) is 93.9 Å². The highest BCUT2D eigenvalue weighted by atomic mass is 15.2. The summed E-state index contributed by atoms with van der Waals surface area (Å²) in [5, 5.41) is 0.741. The zero-order chi connectivity index (χ0) is 19.1. The smallest absolute Gasteiger partial charge is 0.224 e. The average molecular weight is 370 g/mol. The van der Waals surface area contributed by atoms with Gasteiger partial charge in [0, 0.05) is 18.4 Å². The van der Waals surface area contributed by atoms with Gasteiger partial charge in [0.1, 0.15) is 5.82 Å². The lowest BCUT2D eigenvalue weighted by Crippen LogP contribution is -2.34. The summed E-state index contributed by atoms with van der Waals surface area (Å²) >= 11 is 0. The monoisotopic (exact) mass is 370 g/mol. The summed E-state index contributed by atoms with van der Waals surface area (Å²) < 4.78 is 0. The van der Waals surface area contributed by atoms with Crippen LogP contribution < -0.4 is 11.5 Å². The minimum Gasteiger partial charge on any atom is -0.383 e. The van der Waals surface area contributed by atoms with E-state index in [1.807, 2.05) is 12.3 Å². The molecule has 28 heavy (non-hydrogen) atoms. The highest BCUT2D eigenvalue weighted by Gasteiger charge is 2.27. The summed E-state index contributed by atoms with van der Waals surface area (Å²) in [6.45, 7) is 0.732. The molecule has 0 radical (unpaired) electrons. The minimum absolute atomic E-state index is 0.147. The highest BCUT2D eigenvalue weighted by Crippen LogP contribution is 2.35. The van der Waals surface area contributed by atoms with Crippen molar-refractivity contribution in [3.8, 4) is 0 Å². The number of aromatic nitrogens is 3. The fourth-order valence-corrected chi connectivity index (χ4v) is 4.18. The van der Waals surface area contributed by atoms with Crippen LogP contribution in [0.4, 0.5) is 11.8 Å². The van der Waals surface area contributed by atoms with Crippen molar-refractivity contribution >= 4 is 22.8 Å². The van der Waals surface area contributed by atoms with E-state index < -0.39 is 0 Å². The van der Waals surface area contributed by atoms with Crippen LogP contribution in [-0.2, 0) is 6.54 Å². The molecule has 0 saturated heterocycles. The largest absolute Gasteiger partial charge is 0.383 e. The number of nitrogens with two attached hydrogens (primary N) is 2. The van der Waals surface area contributed by atoms with Gasteiger partial charge in [0.2, 0.25) is 5.95 Å². The normalized spacial score (nSPS) is 20.8. The van der Waals surface area contributed by atoms with Crippen molar-refractivity contribution in [3.63, 3.8) is 0 Å². The third kappa shape index (κ3) is 2.87. The molecular weight excluding hydrogens is 348 g/mol. The van der Waals surface area contributed by atoms with Gasteiger partial charge in [0.25, 0.3) is 0 Å². The maximum atomic E-state index is 6.06. The summed E-state index contributed by atoms with van der Waals surface area (Å²) in [6, 6.07) is 2.25. The summed E-state index contributed by atoms with van der Waals surface area (Å²) in [5.41, 5.74) is 17.5. The van der Waals surface area contributed by atoms with E-state index in [4.69, 9.17) is 11.5 Å². The fraction of sp³-hybridized carbons (Fsp3) is 0.227. The molecule has 2 aromatic rings. The van der Waals surface area contributed by atoms with Crippen molar-refractivity contribution in [2.75, 3.05) is 11.5 Å². The molecule has 6 nitrogen and oxygen atoms in total. The van der Waals surface area contributed by atoms with Gasteiger partial charge in [-0.25, -0.2) is 4.98 Å². The highest BCUT2D eigenvalue weighted by molar-refractivity contribution is 5.86. The van der Waals surface area contributed by atoms with E-state index in [0.717, 1.165) is 36.8 Å². The van der Waals surface area contributed by atoms with E-state index in [0.29, 0.717) is 11.5 Å². The Morgan fingerprint density at radius 3 is 3.00 bits per heavy atom. The second-order valence-corrected chi connectivity index (χ2v) is 7.34. The molecule has 5 rings (SSSR count). The number of fused-ring (bicyclic) bond motifs is 2. The SMILES string of the molecule is Nc1nc(N)c2cc(CN3C4=C(CC=C5C=CC=CC53)CCC=C4)cnc2n1. The van der Waals surface area contributed by atoms with Crippen molar-refractivity contribution in [2.24, 2.45) is 0 Å². The lowest BCUT2D eigenvalue weighted by Gasteiger charge is -2.35. The molecule has 0 bridgehead atoms. The van der Waals surface area contributed by atoms with E-state index >= 15 is 0 Å². The van der Waals surface area contributed by atoms with E-state index in [1.165, 1.54) is 16.8 Å². The van der Waals surface area contributed by atoms with Crippen molar-refractivity contribution in [1.82, 2.24) is 19.9 Å². The minimum atomic E-state index is 0.147. The van der Waals surface area contributed by atoms with Crippen molar-refractivity contribution in [1.29, 1.82) is 0 Å². The van der Waals surface area contributed by atoms with Crippen LogP contribution in [0.25, 0.3) is 11.0 Å². The van der Waals surface area contributed by atoms with Crippen LogP contribution in [0.2, 0.25) is 0 Å². The van der Waals surface area contributed by atoms with Crippen molar-refractivity contribution in [2.45, 2.75) is 31.8 Å². The van der Waals surface area contributed by atoms with Gasteiger partial charge < -0.3 is 16.4 Å². The van der Waals surface area contributed by atoms with Crippen LogP contribution in [0.1, 0.15) is 24.8 Å². The Bertz CT molecular complexity index is 1110. The molecule has 1 atom stereocenters. The maximum absolute atomic E-state index is 6.06. The first-order valence-electron chi connectivity index (χ1n) is 9.57. The van der Waals surface area contributed by atoms with Gasteiger partial charge in [-0.3, -0.25) is 0 Å². The lowest BCUT2D eigenvalue weighted by molar-refractivity contribution is 0.320. The van der Waals surface area contributed by atoms with E-state index in [1.54, 1.807) is 0 Å². The first-order valence-corrected chi connectivity index (χ1v) is 9.57. The van der Waals surface area contributed by atoms with Gasteiger partial charge in [-0.2, -0.15) is 9.97 Å². The Labute approximate surface area is 163 Å². The molecular formula is C22H22N6. The summed E-state index contributed by atoms with van der Waals surface area (Å²) in [4.78, 5) is 15.2. The van der Waals surface area contributed by atoms with Crippen LogP contribution in [0, 0.1) is 0 Å². The number of nitrogens with zero attached hydrogens (tertiary/aromatic N) is 4. The zero-order valence-corrected chi connectivity index (χ0v) is 15.5. The van der Waals surface area contributed by atoms with Crippen LogP contribution in [0.3, 0.4) is 0 Å². The van der Waals surface area contributed by atoms with Gasteiger partial charge in [-0.1, -0.05) is 36.5 Å². The van der Waals surface area contributed by atoms with E-state index in [9.17, 15) is 0 Å². The molecule has 0 fully saturated rings. The number of pyridine rings is 1. The molecule has 0 spiro atoms. The molecule has 3 heterocycles. The Morgan fingerprint density at radius 2 is 2.07 bits per heavy atom. The predicted octanol–water partition coefficient (Wildman–Crippen LogP) is 3.42. The molecule has 1 unspecified atom stereocenters. The van der Waals surface area contributed by atoms with Gasteiger partial charge in [0.15, 0.2) is 5.65 Å². The average Bonchev–Trinajstić information content (AvgIpc) is 2.86. The predicted molar refractivity (Wildman–Crippen MR) is 112 cm³/mol. The first-order chi connectivity index (χ1) is 13.7. The van der Waals surface area contributed by atoms with E-state index in [-0.39, 0.29) is 12.0 Å². The maximum Gasteiger partial charge on any atom is 0.224 e. The summed E-state index contributed by atoms with van der Waals surface area (Å²) in [7, 11) is 0. The second-order valence-electron chi connectivity index (χ2n) is 7.34. The van der Waals surface area contributed by atoms with Crippen molar-refractivity contribution in [3.05, 3.63) is 77.2 Å². The molecule has 6 heteroatoms. The van der Waals surface area contributed by atoms with Crippen LogP contribution in [0.5, 0.6) is 0 Å². The molecule has 0 amide bonds. The molecule has 4 N–H and O–H groups in total. The molecule has 140 valence electrons. The molecule has 0 aromatic carbocycles. The number of allylic oxidation sites excluding steroid dienone is 6. The van der Waals surface area contributed by atoms with Gasteiger partial charge in [-0.05, 0) is 48.1 Å². The Kier molecular flexibility index (Phi) is 3.97. The molecule has 2 aromatic heterocycles. The van der Waals surface area contributed by atoms with Gasteiger partial charge in [0.05, 0.1) is 11.4 Å². The summed E-state index contributed by atoms with van der Waals surface area (Å²) in [6.07, 6.45) is 20.7. The van der Waals surface area contributed by atoms with Crippen LogP contribution >= 0.6 is 0 Å². The summed E-state index contributed by atoms with van der Waals surface area (Å²) in [5.74, 6) is 0.514. The van der Waals surface area contributed by atoms with Gasteiger partial charge >= 0.3 is 0 Å². The standard InChI is InChI=1S/C22H22N6/c23-20-17-11-14(12-25-21(17)27-22(24)26-20)13-28-18-7-3-1-5-15(18)9-10-16-6-2-4-8-19(16)28/h1,3-5,7-9,11-12,18H,2,6,10,13H2,(H4,23,24,25,26,27). The van der Waals surface area contributed by atoms with Crippen molar-refractivity contribution < 1.29 is 0 Å². The number of rotatable bonds is 2. The Morgan fingerprint density at radius 1 is 1.14 bits per heavy atom. The van der Waals surface area contributed by atoms with Crippen LogP contribution in [-0.4, -0.2) is 25.9 Å². The third-order valence-corrected chi connectivity index (χ3v) is 5.52. The second kappa shape index (κ2) is 6.64. The number of hydrogen-bond acceptors (Lipinski definition) is 6. The third-order valence-electron chi connectivity index (χ3n) is 5.52. The Balaban J connectivity index is 1.57. The molecule has 0 saturated carbocycles. The molecule has 2 aliphatic carbocycles. The van der Waals surface area contributed by atoms with E-state index in [2.05, 4.69) is 62.4 Å². The molecule has 1 aliphatic heterocycles. The first kappa shape index (κ1) is 16.7. The molecule has 3 aliphatic rings. The number of hydrogen-bond donors (Lipinski definition) is 2.